The fourth-order valence-corrected chi connectivity index (χ4v) is 3.20. The smallest absolute Gasteiger partial charge is 0.289 e. The van der Waals surface area contributed by atoms with Crippen LogP contribution in [-0.4, -0.2) is 20.7 Å². The van der Waals surface area contributed by atoms with E-state index in [1.165, 1.54) is 0 Å². The van der Waals surface area contributed by atoms with Gasteiger partial charge in [-0.2, -0.15) is 0 Å². The van der Waals surface area contributed by atoms with Gasteiger partial charge in [0.25, 0.3) is 11.4 Å². The van der Waals surface area contributed by atoms with Crippen LogP contribution in [0.2, 0.25) is 10.0 Å². The summed E-state index contributed by atoms with van der Waals surface area (Å²) in [5, 5.41) is 31.1. The molecule has 1 aliphatic carbocycles. The van der Waals surface area contributed by atoms with E-state index < -0.39 is 43.2 Å². The Morgan fingerprint density at radius 2 is 1.50 bits per heavy atom. The monoisotopic (exact) mass is 342 g/mol. The first kappa shape index (κ1) is 14.6. The van der Waals surface area contributed by atoms with Crippen LogP contribution in [0.4, 0.5) is 11.4 Å². The zero-order valence-electron chi connectivity index (χ0n) is 10.4. The zero-order valence-corrected chi connectivity index (χ0v) is 11.9. The first-order valence-electron chi connectivity index (χ1n) is 5.75. The number of rotatable bonds is 2. The number of aliphatic hydroxyl groups excluding tert-OH is 1. The molecule has 22 heavy (non-hydrogen) atoms. The van der Waals surface area contributed by atoms with Crippen molar-refractivity contribution in [2.24, 2.45) is 0 Å². The van der Waals surface area contributed by atoms with Crippen LogP contribution in [-0.2, 0) is 0 Å². The molecule has 0 bridgehead atoms. The minimum absolute atomic E-state index is 0.0390. The van der Waals surface area contributed by atoms with Crippen molar-refractivity contribution in [2.45, 2.75) is 6.10 Å². The van der Waals surface area contributed by atoms with Crippen LogP contribution >= 0.6 is 23.2 Å². The van der Waals surface area contributed by atoms with Crippen LogP contribution in [0.3, 0.4) is 0 Å². The summed E-state index contributed by atoms with van der Waals surface area (Å²) in [6, 6.07) is 1.92. The number of ketones is 1. The number of nitrogens with zero attached hydrogens (tertiary/aromatic N) is 2. The van der Waals surface area contributed by atoms with Gasteiger partial charge in [0, 0.05) is 34.0 Å². The van der Waals surface area contributed by atoms with Gasteiger partial charge in [0.05, 0.1) is 9.85 Å². The van der Waals surface area contributed by atoms with Gasteiger partial charge in [0.15, 0.2) is 5.78 Å². The molecule has 1 aliphatic rings. The predicted molar refractivity (Wildman–Crippen MR) is 76.6 cm³/mol. The lowest BCUT2D eigenvalue weighted by atomic mass is 10.0. The number of carbonyl (C=O) groups is 1. The molecule has 0 aliphatic heterocycles. The molecule has 0 aromatic heterocycles. The Hall–Kier alpha value is -2.29. The second kappa shape index (κ2) is 4.60. The van der Waals surface area contributed by atoms with Gasteiger partial charge in [-0.15, -0.1) is 0 Å². The third-order valence-corrected chi connectivity index (χ3v) is 4.24. The summed E-state index contributed by atoms with van der Waals surface area (Å²) in [6.45, 7) is 0. The number of hydrogen-bond acceptors (Lipinski definition) is 6. The Morgan fingerprint density at radius 1 is 1.00 bits per heavy atom. The van der Waals surface area contributed by atoms with Crippen LogP contribution in [0.15, 0.2) is 12.1 Å². The molecule has 1 unspecified atom stereocenters. The number of hydrogen-bond donors (Lipinski definition) is 1. The first-order valence-corrected chi connectivity index (χ1v) is 6.51. The highest BCUT2D eigenvalue weighted by molar-refractivity contribution is 6.46. The number of aliphatic hydroxyl groups is 1. The largest absolute Gasteiger partial charge is 0.380 e. The van der Waals surface area contributed by atoms with E-state index >= 15 is 0 Å². The summed E-state index contributed by atoms with van der Waals surface area (Å²) in [7, 11) is 0. The maximum absolute atomic E-state index is 12.0. The lowest BCUT2D eigenvalue weighted by Gasteiger charge is -2.07. The summed E-state index contributed by atoms with van der Waals surface area (Å²) < 4.78 is 0. The molecule has 1 atom stereocenters. The Bertz CT molecular complexity index is 902. The molecule has 0 heterocycles. The first-order chi connectivity index (χ1) is 10.3. The minimum atomic E-state index is -1.65. The zero-order chi connectivity index (χ0) is 16.3. The molecule has 0 radical (unpaired) electrons. The molecule has 1 N–H and O–H groups in total. The molecule has 0 saturated carbocycles. The highest BCUT2D eigenvalue weighted by Crippen LogP contribution is 2.49. The van der Waals surface area contributed by atoms with Crippen LogP contribution in [0.1, 0.15) is 22.0 Å². The molecule has 2 aromatic carbocycles. The van der Waals surface area contributed by atoms with E-state index in [2.05, 4.69) is 0 Å². The van der Waals surface area contributed by atoms with Crippen molar-refractivity contribution >= 4 is 51.1 Å². The molecule has 112 valence electrons. The van der Waals surface area contributed by atoms with Crippen molar-refractivity contribution in [3.05, 3.63) is 53.5 Å². The lowest BCUT2D eigenvalue weighted by Crippen LogP contribution is -2.04. The van der Waals surface area contributed by atoms with Crippen molar-refractivity contribution in [3.8, 4) is 0 Å². The van der Waals surface area contributed by atoms with Crippen molar-refractivity contribution in [1.82, 2.24) is 0 Å². The van der Waals surface area contributed by atoms with Gasteiger partial charge in [-0.3, -0.25) is 25.0 Å². The summed E-state index contributed by atoms with van der Waals surface area (Å²) in [4.78, 5) is 32.5. The second-order valence-corrected chi connectivity index (χ2v) is 5.34. The Balaban J connectivity index is 2.60. The number of Topliss-reactive ketones (excluding diaryl/α,β-unsaturated/α-hetero) is 1. The SMILES string of the molecule is O=C1c2cc([N+](=O)[O-])c(Cl)c3c(Cl)c([N+](=O)[O-])cc(c23)C1O. The van der Waals surface area contributed by atoms with E-state index in [0.717, 1.165) is 12.1 Å². The summed E-state index contributed by atoms with van der Waals surface area (Å²) in [6.07, 6.45) is -1.65. The average Bonchev–Trinajstić information content (AvgIpc) is 2.67. The van der Waals surface area contributed by atoms with Crippen LogP contribution in [0, 0.1) is 20.2 Å². The topological polar surface area (TPSA) is 124 Å². The Labute approximate surface area is 131 Å². The van der Waals surface area contributed by atoms with E-state index in [1.54, 1.807) is 0 Å². The molecular weight excluding hydrogens is 339 g/mol. The number of carbonyl (C=O) groups excluding carboxylic acids is 1. The minimum Gasteiger partial charge on any atom is -0.380 e. The van der Waals surface area contributed by atoms with Crippen LogP contribution in [0.25, 0.3) is 10.8 Å². The van der Waals surface area contributed by atoms with Crippen LogP contribution < -0.4 is 0 Å². The fourth-order valence-electron chi connectivity index (χ4n) is 2.53. The maximum atomic E-state index is 12.0. The van der Waals surface area contributed by atoms with Crippen molar-refractivity contribution in [2.75, 3.05) is 0 Å². The molecule has 3 rings (SSSR count). The Morgan fingerprint density at radius 3 is 2.00 bits per heavy atom. The van der Waals surface area contributed by atoms with Crippen LogP contribution in [0.5, 0.6) is 0 Å². The number of benzene rings is 2. The van der Waals surface area contributed by atoms with Gasteiger partial charge >= 0.3 is 0 Å². The predicted octanol–water partition coefficient (Wildman–Crippen LogP) is 3.19. The summed E-state index contributed by atoms with van der Waals surface area (Å²) >= 11 is 11.9. The van der Waals surface area contributed by atoms with Crippen molar-refractivity contribution in [1.29, 1.82) is 0 Å². The van der Waals surface area contributed by atoms with Gasteiger partial charge in [-0.25, -0.2) is 0 Å². The van der Waals surface area contributed by atoms with E-state index in [1.807, 2.05) is 0 Å². The van der Waals surface area contributed by atoms with Gasteiger partial charge in [0.1, 0.15) is 16.1 Å². The fraction of sp³-hybridized carbons (Fsp3) is 0.0833. The van der Waals surface area contributed by atoms with E-state index in [0.29, 0.717) is 0 Å². The summed E-state index contributed by atoms with van der Waals surface area (Å²) in [5.74, 6) is -0.795. The average molecular weight is 343 g/mol. The Kier molecular flexibility index (Phi) is 3.06. The molecular formula is C12H4Cl2N2O6. The standard InChI is InChI=1S/C12H4Cl2N2O6/c13-9-5(15(19)20)1-3-7-4(12(18)11(3)17)2-6(16(21)22)10(14)8(7)9/h1-2,11,17H. The molecule has 0 fully saturated rings. The molecule has 0 amide bonds. The quantitative estimate of drug-likeness (QED) is 0.660. The van der Waals surface area contributed by atoms with Gasteiger partial charge in [-0.05, 0) is 0 Å². The van der Waals surface area contributed by atoms with Crippen molar-refractivity contribution < 1.29 is 19.7 Å². The third-order valence-electron chi connectivity index (χ3n) is 3.47. The number of nitro groups is 2. The molecule has 8 nitrogen and oxygen atoms in total. The van der Waals surface area contributed by atoms with E-state index in [-0.39, 0.29) is 21.9 Å². The molecule has 0 saturated heterocycles. The highest BCUT2D eigenvalue weighted by atomic mass is 35.5. The van der Waals surface area contributed by atoms with Gasteiger partial charge < -0.3 is 5.11 Å². The third kappa shape index (κ3) is 1.71. The van der Waals surface area contributed by atoms with Crippen molar-refractivity contribution in [3.63, 3.8) is 0 Å². The normalized spacial score (nSPS) is 16.3. The van der Waals surface area contributed by atoms with E-state index in [4.69, 9.17) is 23.2 Å². The summed E-state index contributed by atoms with van der Waals surface area (Å²) in [5.41, 5.74) is -1.38. The molecule has 10 heteroatoms. The maximum Gasteiger partial charge on any atom is 0.289 e. The molecule has 2 aromatic rings. The van der Waals surface area contributed by atoms with E-state index in [9.17, 15) is 30.1 Å². The van der Waals surface area contributed by atoms with Gasteiger partial charge in [0.2, 0.25) is 0 Å². The lowest BCUT2D eigenvalue weighted by molar-refractivity contribution is -0.385. The van der Waals surface area contributed by atoms with Gasteiger partial charge in [-0.1, -0.05) is 23.2 Å². The molecule has 0 spiro atoms. The second-order valence-electron chi connectivity index (χ2n) is 4.59. The highest BCUT2D eigenvalue weighted by Gasteiger charge is 2.38. The number of nitro benzene ring substituents is 2. The number of halogens is 2.